The van der Waals surface area contributed by atoms with E-state index in [4.69, 9.17) is 0 Å². The summed E-state index contributed by atoms with van der Waals surface area (Å²) in [7, 11) is 0. The molecule has 0 bridgehead atoms. The molecule has 2 aromatic rings. The number of piperidine rings is 1. The summed E-state index contributed by atoms with van der Waals surface area (Å²) in [5.41, 5.74) is 0.594. The van der Waals surface area contributed by atoms with Crippen LogP contribution in [0.15, 0.2) is 22.9 Å². The smallest absolute Gasteiger partial charge is 0.357 e. The van der Waals surface area contributed by atoms with Crippen molar-refractivity contribution < 1.29 is 22.5 Å². The zero-order chi connectivity index (χ0) is 22.3. The summed E-state index contributed by atoms with van der Waals surface area (Å²) >= 11 is 0. The van der Waals surface area contributed by atoms with Crippen molar-refractivity contribution in [3.05, 3.63) is 24.2 Å². The van der Waals surface area contributed by atoms with Crippen molar-refractivity contribution >= 4 is 11.7 Å². The molecule has 5 rings (SSSR count). The molecule has 2 aliphatic heterocycles. The van der Waals surface area contributed by atoms with Gasteiger partial charge in [0.15, 0.2) is 0 Å². The maximum atomic E-state index is 12.7. The molecule has 0 unspecified atom stereocenters. The van der Waals surface area contributed by atoms with E-state index in [-0.39, 0.29) is 17.2 Å². The molecule has 0 radical (unpaired) electrons. The van der Waals surface area contributed by atoms with Gasteiger partial charge >= 0.3 is 12.1 Å². The first-order chi connectivity index (χ1) is 15.3. The predicted octanol–water partition coefficient (Wildman–Crippen LogP) is 4.16. The number of carbonyl (C=O) groups is 1. The lowest BCUT2D eigenvalue weighted by atomic mass is 9.71. The van der Waals surface area contributed by atoms with Crippen LogP contribution in [0, 0.1) is 11.3 Å². The van der Waals surface area contributed by atoms with E-state index in [9.17, 15) is 18.0 Å². The lowest BCUT2D eigenvalue weighted by Crippen LogP contribution is -2.63. The van der Waals surface area contributed by atoms with Gasteiger partial charge in [-0.2, -0.15) is 18.2 Å². The number of anilines is 1. The third-order valence-electron chi connectivity index (χ3n) is 7.14. The Morgan fingerprint density at radius 3 is 2.41 bits per heavy atom. The van der Waals surface area contributed by atoms with Gasteiger partial charge in [0.2, 0.25) is 11.7 Å². The van der Waals surface area contributed by atoms with Crippen LogP contribution in [-0.4, -0.2) is 52.1 Å². The van der Waals surface area contributed by atoms with Crippen LogP contribution in [0.25, 0.3) is 11.4 Å². The summed E-state index contributed by atoms with van der Waals surface area (Å²) < 4.78 is 42.2. The van der Waals surface area contributed by atoms with Crippen LogP contribution in [0.5, 0.6) is 0 Å². The molecule has 4 heterocycles. The van der Waals surface area contributed by atoms with Crippen molar-refractivity contribution in [3.63, 3.8) is 0 Å². The van der Waals surface area contributed by atoms with Crippen LogP contribution in [0.2, 0.25) is 0 Å². The second kappa shape index (κ2) is 8.04. The lowest BCUT2D eigenvalue weighted by Gasteiger charge is -2.55. The number of hydrogen-bond donors (Lipinski definition) is 0. The Labute approximate surface area is 184 Å². The van der Waals surface area contributed by atoms with Crippen molar-refractivity contribution in [2.75, 3.05) is 31.1 Å². The van der Waals surface area contributed by atoms with E-state index in [0.29, 0.717) is 11.5 Å². The lowest BCUT2D eigenvalue weighted by molar-refractivity contribution is -0.159. The SMILES string of the molecule is O=C(C1CCCCC1)N1CC2(CCN(c3ccc(-c4noc(C(F)(F)F)n4)cn3)CC2)C1. The molecule has 172 valence electrons. The summed E-state index contributed by atoms with van der Waals surface area (Å²) in [4.78, 5) is 24.8. The maximum absolute atomic E-state index is 12.7. The van der Waals surface area contributed by atoms with Gasteiger partial charge in [0.25, 0.3) is 0 Å². The van der Waals surface area contributed by atoms with Gasteiger partial charge in [-0.25, -0.2) is 4.98 Å². The highest BCUT2D eigenvalue weighted by atomic mass is 19.4. The van der Waals surface area contributed by atoms with E-state index in [2.05, 4.69) is 29.4 Å². The molecule has 1 aliphatic carbocycles. The third kappa shape index (κ3) is 4.06. The molecule has 10 heteroatoms. The Hall–Kier alpha value is -2.65. The Morgan fingerprint density at radius 2 is 1.81 bits per heavy atom. The quantitative estimate of drug-likeness (QED) is 0.701. The number of pyridine rings is 1. The predicted molar refractivity (Wildman–Crippen MR) is 110 cm³/mol. The average Bonchev–Trinajstić information content (AvgIpc) is 3.29. The number of likely N-dealkylation sites (tertiary alicyclic amines) is 1. The summed E-state index contributed by atoms with van der Waals surface area (Å²) in [6, 6.07) is 3.43. The first-order valence-corrected chi connectivity index (χ1v) is 11.2. The van der Waals surface area contributed by atoms with Crippen LogP contribution in [0.3, 0.4) is 0 Å². The number of amides is 1. The first-order valence-electron chi connectivity index (χ1n) is 11.2. The third-order valence-corrected chi connectivity index (χ3v) is 7.14. The van der Waals surface area contributed by atoms with Gasteiger partial charge in [0.05, 0.1) is 0 Å². The fourth-order valence-corrected chi connectivity index (χ4v) is 5.21. The van der Waals surface area contributed by atoms with Crippen LogP contribution >= 0.6 is 0 Å². The van der Waals surface area contributed by atoms with Gasteiger partial charge in [-0.05, 0) is 37.8 Å². The molecule has 0 aromatic carbocycles. The largest absolute Gasteiger partial charge is 0.471 e. The number of hydrogen-bond acceptors (Lipinski definition) is 6. The first kappa shape index (κ1) is 21.2. The van der Waals surface area contributed by atoms with E-state index in [1.807, 2.05) is 0 Å². The minimum Gasteiger partial charge on any atom is -0.357 e. The molecule has 32 heavy (non-hydrogen) atoms. The molecule has 1 spiro atoms. The summed E-state index contributed by atoms with van der Waals surface area (Å²) in [5.74, 6) is -0.140. The Balaban J connectivity index is 1.15. The normalized spacial score (nSPS) is 21.6. The van der Waals surface area contributed by atoms with Gasteiger partial charge in [-0.3, -0.25) is 4.79 Å². The van der Waals surface area contributed by atoms with Crippen molar-refractivity contribution in [2.24, 2.45) is 11.3 Å². The van der Waals surface area contributed by atoms with Crippen molar-refractivity contribution in [2.45, 2.75) is 51.1 Å². The second-order valence-corrected chi connectivity index (χ2v) is 9.34. The van der Waals surface area contributed by atoms with Crippen LogP contribution in [0.4, 0.5) is 19.0 Å². The van der Waals surface area contributed by atoms with Gasteiger partial charge in [0.1, 0.15) is 5.82 Å². The Kier molecular flexibility index (Phi) is 5.33. The van der Waals surface area contributed by atoms with Crippen LogP contribution in [0.1, 0.15) is 50.8 Å². The second-order valence-electron chi connectivity index (χ2n) is 9.34. The zero-order valence-corrected chi connectivity index (χ0v) is 17.8. The van der Waals surface area contributed by atoms with Crippen LogP contribution in [-0.2, 0) is 11.0 Å². The van der Waals surface area contributed by atoms with Crippen molar-refractivity contribution in [1.29, 1.82) is 0 Å². The van der Waals surface area contributed by atoms with Crippen molar-refractivity contribution in [1.82, 2.24) is 20.0 Å². The highest BCUT2D eigenvalue weighted by molar-refractivity contribution is 5.80. The van der Waals surface area contributed by atoms with E-state index in [0.717, 1.165) is 57.7 Å². The zero-order valence-electron chi connectivity index (χ0n) is 17.8. The minimum atomic E-state index is -4.67. The maximum Gasteiger partial charge on any atom is 0.471 e. The number of aromatic nitrogens is 3. The van der Waals surface area contributed by atoms with Gasteiger partial charge in [-0.15, -0.1) is 0 Å². The number of rotatable bonds is 3. The fraction of sp³-hybridized carbons (Fsp3) is 0.636. The molecular weight excluding hydrogens is 423 g/mol. The Bertz CT molecular complexity index is 953. The fourth-order valence-electron chi connectivity index (χ4n) is 5.21. The number of nitrogens with zero attached hydrogens (tertiary/aromatic N) is 5. The molecule has 1 saturated carbocycles. The van der Waals surface area contributed by atoms with E-state index in [1.54, 1.807) is 12.1 Å². The van der Waals surface area contributed by atoms with Crippen molar-refractivity contribution in [3.8, 4) is 11.4 Å². The standard InChI is InChI=1S/C22H26F3N5O2/c23-22(24,25)20-27-18(28-32-20)16-6-7-17(26-12-16)29-10-8-21(9-11-29)13-30(14-21)19(31)15-4-2-1-3-5-15/h6-7,12,15H,1-5,8-11,13-14H2. The Morgan fingerprint density at radius 1 is 1.09 bits per heavy atom. The number of alkyl halides is 3. The summed E-state index contributed by atoms with van der Waals surface area (Å²) in [6.45, 7) is 3.42. The van der Waals surface area contributed by atoms with E-state index in [1.165, 1.54) is 25.5 Å². The minimum absolute atomic E-state index is 0.133. The highest BCUT2D eigenvalue weighted by Crippen LogP contribution is 2.42. The van der Waals surface area contributed by atoms with Gasteiger partial charge < -0.3 is 14.3 Å². The summed E-state index contributed by atoms with van der Waals surface area (Å²) in [6.07, 6.45) is 4.49. The van der Waals surface area contributed by atoms with Crippen LogP contribution < -0.4 is 4.90 Å². The molecule has 0 N–H and O–H groups in total. The molecule has 2 aromatic heterocycles. The van der Waals surface area contributed by atoms with Gasteiger partial charge in [-0.1, -0.05) is 24.4 Å². The number of halogens is 3. The van der Waals surface area contributed by atoms with E-state index >= 15 is 0 Å². The molecule has 7 nitrogen and oxygen atoms in total. The number of carbonyl (C=O) groups excluding carboxylic acids is 1. The topological polar surface area (TPSA) is 75.4 Å². The molecule has 3 fully saturated rings. The molecule has 0 atom stereocenters. The highest BCUT2D eigenvalue weighted by Gasteiger charge is 2.47. The monoisotopic (exact) mass is 449 g/mol. The van der Waals surface area contributed by atoms with E-state index < -0.39 is 12.1 Å². The molecule has 3 aliphatic rings. The summed E-state index contributed by atoms with van der Waals surface area (Å²) in [5, 5.41) is 3.40. The molecule has 2 saturated heterocycles. The molecule has 1 amide bonds. The molecular formula is C22H26F3N5O2. The van der Waals surface area contributed by atoms with Gasteiger partial charge in [0, 0.05) is 49.3 Å². The average molecular weight is 449 g/mol.